The third kappa shape index (κ3) is 3.37. The Kier molecular flexibility index (Phi) is 4.86. The van der Waals surface area contributed by atoms with Crippen LogP contribution in [0.4, 0.5) is 0 Å². The molecule has 0 heterocycles. The molecule has 0 bridgehead atoms. The van der Waals surface area contributed by atoms with Gasteiger partial charge in [-0.25, -0.2) is 0 Å². The summed E-state index contributed by atoms with van der Waals surface area (Å²) in [6.45, 7) is 6.24. The van der Waals surface area contributed by atoms with Crippen molar-refractivity contribution in [3.05, 3.63) is 53.6 Å². The zero-order valence-corrected chi connectivity index (χ0v) is 13.1. The summed E-state index contributed by atoms with van der Waals surface area (Å²) in [5.74, 6) is 2.76. The van der Waals surface area contributed by atoms with E-state index >= 15 is 0 Å². The summed E-state index contributed by atoms with van der Waals surface area (Å²) < 4.78 is 11.5. The number of benzene rings is 2. The average Bonchev–Trinajstić information content (AvgIpc) is 2.47. The van der Waals surface area contributed by atoms with Crippen molar-refractivity contribution < 1.29 is 9.47 Å². The van der Waals surface area contributed by atoms with Gasteiger partial charge in [-0.2, -0.15) is 0 Å². The number of ether oxygens (including phenoxy) is 2. The van der Waals surface area contributed by atoms with E-state index in [1.54, 1.807) is 7.11 Å². The molecule has 0 aliphatic carbocycles. The zero-order chi connectivity index (χ0) is 15.4. The van der Waals surface area contributed by atoms with Gasteiger partial charge in [0.15, 0.2) is 0 Å². The average molecular weight is 285 g/mol. The van der Waals surface area contributed by atoms with Crippen molar-refractivity contribution in [2.24, 2.45) is 5.73 Å². The first-order chi connectivity index (χ1) is 10.0. The number of para-hydroxylation sites is 1. The molecule has 0 saturated carbocycles. The van der Waals surface area contributed by atoms with Crippen LogP contribution in [0.25, 0.3) is 0 Å². The van der Waals surface area contributed by atoms with Crippen LogP contribution in [0.5, 0.6) is 17.2 Å². The highest BCUT2D eigenvalue weighted by molar-refractivity contribution is 5.49. The van der Waals surface area contributed by atoms with Crippen LogP contribution in [0.2, 0.25) is 0 Å². The van der Waals surface area contributed by atoms with E-state index in [1.807, 2.05) is 43.3 Å². The van der Waals surface area contributed by atoms with Crippen molar-refractivity contribution in [3.63, 3.8) is 0 Å². The molecule has 2 aromatic rings. The number of hydrogen-bond acceptors (Lipinski definition) is 3. The molecule has 2 aromatic carbocycles. The lowest BCUT2D eigenvalue weighted by atomic mass is 10.0. The van der Waals surface area contributed by atoms with Crippen molar-refractivity contribution in [1.29, 1.82) is 0 Å². The van der Waals surface area contributed by atoms with Crippen LogP contribution in [0, 0.1) is 0 Å². The Hall–Kier alpha value is -2.00. The van der Waals surface area contributed by atoms with Crippen molar-refractivity contribution in [3.8, 4) is 17.2 Å². The molecule has 3 heteroatoms. The van der Waals surface area contributed by atoms with Gasteiger partial charge in [-0.15, -0.1) is 0 Å². The van der Waals surface area contributed by atoms with Gasteiger partial charge < -0.3 is 15.2 Å². The van der Waals surface area contributed by atoms with Gasteiger partial charge in [0.05, 0.1) is 12.7 Å². The highest BCUT2D eigenvalue weighted by Gasteiger charge is 2.16. The third-order valence-electron chi connectivity index (χ3n) is 3.46. The summed E-state index contributed by atoms with van der Waals surface area (Å²) >= 11 is 0. The molecule has 0 radical (unpaired) electrons. The second-order valence-electron chi connectivity index (χ2n) is 5.46. The van der Waals surface area contributed by atoms with E-state index < -0.39 is 0 Å². The first-order valence-electron chi connectivity index (χ1n) is 7.23. The van der Waals surface area contributed by atoms with Crippen LogP contribution in [0.1, 0.15) is 43.9 Å². The zero-order valence-electron chi connectivity index (χ0n) is 13.1. The van der Waals surface area contributed by atoms with Gasteiger partial charge in [-0.3, -0.25) is 0 Å². The molecule has 2 rings (SSSR count). The molecule has 0 saturated heterocycles. The van der Waals surface area contributed by atoms with E-state index in [1.165, 1.54) is 5.56 Å². The van der Waals surface area contributed by atoms with E-state index in [2.05, 4.69) is 19.9 Å². The molecule has 0 fully saturated rings. The Morgan fingerprint density at radius 3 is 2.10 bits per heavy atom. The fourth-order valence-corrected chi connectivity index (χ4v) is 2.41. The largest absolute Gasteiger partial charge is 0.496 e. The standard InChI is InChI=1S/C18H23NO2/c1-12(2)14-8-5-6-9-15(14)21-17-11-7-10-16(20-4)18(17)13(3)19/h5-13H,19H2,1-4H3/t13-/m0/s1. The molecular formula is C18H23NO2. The van der Waals surface area contributed by atoms with Crippen LogP contribution < -0.4 is 15.2 Å². The second kappa shape index (κ2) is 6.64. The SMILES string of the molecule is COc1cccc(Oc2ccccc2C(C)C)c1[C@H](C)N. The Morgan fingerprint density at radius 2 is 1.48 bits per heavy atom. The van der Waals surface area contributed by atoms with Crippen molar-refractivity contribution in [2.75, 3.05) is 7.11 Å². The van der Waals surface area contributed by atoms with Crippen LogP contribution in [-0.4, -0.2) is 7.11 Å². The van der Waals surface area contributed by atoms with E-state index in [9.17, 15) is 0 Å². The third-order valence-corrected chi connectivity index (χ3v) is 3.46. The van der Waals surface area contributed by atoms with Gasteiger partial charge in [-0.05, 0) is 36.6 Å². The van der Waals surface area contributed by atoms with Gasteiger partial charge in [0, 0.05) is 6.04 Å². The summed E-state index contributed by atoms with van der Waals surface area (Å²) in [4.78, 5) is 0. The van der Waals surface area contributed by atoms with E-state index in [4.69, 9.17) is 15.2 Å². The lowest BCUT2D eigenvalue weighted by molar-refractivity contribution is 0.396. The van der Waals surface area contributed by atoms with E-state index in [0.29, 0.717) is 5.92 Å². The smallest absolute Gasteiger partial charge is 0.135 e. The van der Waals surface area contributed by atoms with Gasteiger partial charge >= 0.3 is 0 Å². The molecule has 0 aliphatic heterocycles. The quantitative estimate of drug-likeness (QED) is 0.871. The first kappa shape index (κ1) is 15.4. The van der Waals surface area contributed by atoms with Gasteiger partial charge in [0.1, 0.15) is 17.2 Å². The molecule has 1 atom stereocenters. The monoisotopic (exact) mass is 285 g/mol. The molecule has 2 N–H and O–H groups in total. The maximum atomic E-state index is 6.15. The fourth-order valence-electron chi connectivity index (χ4n) is 2.41. The van der Waals surface area contributed by atoms with Crippen molar-refractivity contribution in [2.45, 2.75) is 32.7 Å². The molecule has 21 heavy (non-hydrogen) atoms. The van der Waals surface area contributed by atoms with Gasteiger partial charge in [-0.1, -0.05) is 38.1 Å². The van der Waals surface area contributed by atoms with Crippen LogP contribution in [-0.2, 0) is 0 Å². The minimum atomic E-state index is -0.164. The maximum Gasteiger partial charge on any atom is 0.135 e. The Labute approximate surface area is 126 Å². The summed E-state index contributed by atoms with van der Waals surface area (Å²) in [6, 6.07) is 13.7. The highest BCUT2D eigenvalue weighted by Crippen LogP contribution is 2.37. The molecular weight excluding hydrogens is 262 g/mol. The van der Waals surface area contributed by atoms with Crippen LogP contribution in [0.3, 0.4) is 0 Å². The Morgan fingerprint density at radius 1 is 0.857 bits per heavy atom. The van der Waals surface area contributed by atoms with Gasteiger partial charge in [0.2, 0.25) is 0 Å². The summed E-state index contributed by atoms with van der Waals surface area (Å²) in [5, 5.41) is 0. The maximum absolute atomic E-state index is 6.15. The topological polar surface area (TPSA) is 44.5 Å². The normalized spacial score (nSPS) is 12.3. The fraction of sp³-hybridized carbons (Fsp3) is 0.333. The lowest BCUT2D eigenvalue weighted by Crippen LogP contribution is -2.09. The molecule has 0 aromatic heterocycles. The van der Waals surface area contributed by atoms with Crippen molar-refractivity contribution >= 4 is 0 Å². The first-order valence-corrected chi connectivity index (χ1v) is 7.23. The number of hydrogen-bond donors (Lipinski definition) is 1. The summed E-state index contributed by atoms with van der Waals surface area (Å²) in [5.41, 5.74) is 8.15. The predicted octanol–water partition coefficient (Wildman–Crippen LogP) is 4.63. The second-order valence-corrected chi connectivity index (χ2v) is 5.46. The predicted molar refractivity (Wildman–Crippen MR) is 86.2 cm³/mol. The summed E-state index contributed by atoms with van der Waals surface area (Å²) in [6.07, 6.45) is 0. The highest BCUT2D eigenvalue weighted by atomic mass is 16.5. The van der Waals surface area contributed by atoms with Gasteiger partial charge in [0.25, 0.3) is 0 Å². The van der Waals surface area contributed by atoms with E-state index in [0.717, 1.165) is 22.8 Å². The minimum absolute atomic E-state index is 0.164. The molecule has 0 aliphatic rings. The molecule has 0 spiro atoms. The molecule has 0 amide bonds. The molecule has 112 valence electrons. The summed E-state index contributed by atoms with van der Waals surface area (Å²) in [7, 11) is 1.65. The van der Waals surface area contributed by atoms with E-state index in [-0.39, 0.29) is 6.04 Å². The number of nitrogens with two attached hydrogens (primary N) is 1. The van der Waals surface area contributed by atoms with Crippen LogP contribution >= 0.6 is 0 Å². The Bertz CT molecular complexity index is 606. The number of methoxy groups -OCH3 is 1. The number of rotatable bonds is 5. The van der Waals surface area contributed by atoms with Crippen LogP contribution in [0.15, 0.2) is 42.5 Å². The molecule has 3 nitrogen and oxygen atoms in total. The minimum Gasteiger partial charge on any atom is -0.496 e. The van der Waals surface area contributed by atoms with Crippen molar-refractivity contribution in [1.82, 2.24) is 0 Å². The molecule has 0 unspecified atom stereocenters. The lowest BCUT2D eigenvalue weighted by Gasteiger charge is -2.19. The Balaban J connectivity index is 2.45.